The van der Waals surface area contributed by atoms with E-state index in [4.69, 9.17) is 4.74 Å². The first-order valence-corrected chi connectivity index (χ1v) is 10.2. The third-order valence-corrected chi connectivity index (χ3v) is 6.18. The van der Waals surface area contributed by atoms with Crippen molar-refractivity contribution in [1.29, 1.82) is 0 Å². The molecule has 0 saturated heterocycles. The van der Waals surface area contributed by atoms with Crippen molar-refractivity contribution in [3.63, 3.8) is 0 Å². The number of hydrogen-bond donors (Lipinski definition) is 0. The second kappa shape index (κ2) is 7.29. The Bertz CT molecular complexity index is 424. The average molecular weight is 276 g/mol. The van der Waals surface area contributed by atoms with Gasteiger partial charge in [-0.3, -0.25) is 0 Å². The number of carbonyl (C=O) groups is 1. The van der Waals surface area contributed by atoms with Gasteiger partial charge < -0.3 is 4.74 Å². The van der Waals surface area contributed by atoms with E-state index in [-0.39, 0.29) is 5.97 Å². The normalized spacial score (nSPS) is 11.1. The maximum absolute atomic E-state index is 11.2. The third-order valence-electron chi connectivity index (χ3n) is 3.11. The molecular formula is C16H24O2Si. The van der Waals surface area contributed by atoms with Crippen LogP contribution in [-0.4, -0.2) is 20.7 Å². The van der Waals surface area contributed by atoms with Gasteiger partial charge in [-0.25, -0.2) is 4.79 Å². The minimum Gasteiger partial charge on any atom is -0.462 e. The highest BCUT2D eigenvalue weighted by Crippen LogP contribution is 2.18. The van der Waals surface area contributed by atoms with E-state index in [9.17, 15) is 4.79 Å². The lowest BCUT2D eigenvalue weighted by atomic mass is 10.2. The van der Waals surface area contributed by atoms with Crippen molar-refractivity contribution in [3.8, 4) is 0 Å². The van der Waals surface area contributed by atoms with Gasteiger partial charge in [0.25, 0.3) is 0 Å². The molecule has 3 heteroatoms. The molecule has 0 radical (unpaired) electrons. The lowest BCUT2D eigenvalue weighted by Crippen LogP contribution is -2.29. The summed E-state index contributed by atoms with van der Waals surface area (Å²) in [7, 11) is -1.26. The summed E-state index contributed by atoms with van der Waals surface area (Å²) >= 11 is 0. The zero-order valence-corrected chi connectivity index (χ0v) is 13.2. The number of hydrogen-bond acceptors (Lipinski definition) is 2. The molecule has 0 heterocycles. The Morgan fingerprint density at radius 3 is 2.47 bits per heavy atom. The fraction of sp³-hybridized carbons (Fsp3) is 0.438. The van der Waals surface area contributed by atoms with Gasteiger partial charge in [-0.2, -0.15) is 0 Å². The Hall–Kier alpha value is -1.35. The zero-order chi connectivity index (χ0) is 14.3. The Labute approximate surface area is 117 Å². The molecule has 0 aliphatic rings. The van der Waals surface area contributed by atoms with Gasteiger partial charge in [0, 0.05) is 5.57 Å². The van der Waals surface area contributed by atoms with Crippen molar-refractivity contribution in [2.45, 2.75) is 38.5 Å². The molecule has 0 amide bonds. The van der Waals surface area contributed by atoms with Crippen LogP contribution in [0.5, 0.6) is 0 Å². The minimum absolute atomic E-state index is 0.275. The minimum atomic E-state index is -1.26. The summed E-state index contributed by atoms with van der Waals surface area (Å²) in [6, 6.07) is 13.0. The SMILES string of the molecule is C=C(C)C(=O)OCCC[Si](C)(C)Cc1ccccc1. The second-order valence-corrected chi connectivity index (χ2v) is 11.0. The number of benzene rings is 1. The molecular weight excluding hydrogens is 252 g/mol. The average Bonchev–Trinajstić information content (AvgIpc) is 2.35. The maximum atomic E-state index is 11.2. The number of carbonyl (C=O) groups excluding carboxylic acids is 1. The van der Waals surface area contributed by atoms with Gasteiger partial charge in [-0.15, -0.1) is 0 Å². The van der Waals surface area contributed by atoms with E-state index >= 15 is 0 Å². The van der Waals surface area contributed by atoms with Crippen molar-refractivity contribution in [2.75, 3.05) is 6.61 Å². The van der Waals surface area contributed by atoms with Crippen LogP contribution in [0.2, 0.25) is 19.1 Å². The molecule has 1 rings (SSSR count). The molecule has 0 aliphatic carbocycles. The smallest absolute Gasteiger partial charge is 0.333 e. The van der Waals surface area contributed by atoms with E-state index < -0.39 is 8.07 Å². The lowest BCUT2D eigenvalue weighted by Gasteiger charge is -2.22. The summed E-state index contributed by atoms with van der Waals surface area (Å²) in [6.07, 6.45) is 0.949. The van der Waals surface area contributed by atoms with Crippen LogP contribution >= 0.6 is 0 Å². The molecule has 19 heavy (non-hydrogen) atoms. The Balaban J connectivity index is 2.31. The summed E-state index contributed by atoms with van der Waals surface area (Å²) in [5, 5.41) is 0. The zero-order valence-electron chi connectivity index (χ0n) is 12.2. The molecule has 0 aliphatic heterocycles. The summed E-state index contributed by atoms with van der Waals surface area (Å²) in [4.78, 5) is 11.2. The van der Waals surface area contributed by atoms with Crippen molar-refractivity contribution >= 4 is 14.0 Å². The largest absolute Gasteiger partial charge is 0.462 e. The van der Waals surface area contributed by atoms with Crippen LogP contribution in [0.3, 0.4) is 0 Å². The maximum Gasteiger partial charge on any atom is 0.333 e. The van der Waals surface area contributed by atoms with Crippen molar-refractivity contribution in [3.05, 3.63) is 48.0 Å². The number of rotatable bonds is 7. The molecule has 0 aromatic heterocycles. The first-order chi connectivity index (χ1) is 8.91. The van der Waals surface area contributed by atoms with Gasteiger partial charge in [0.15, 0.2) is 0 Å². The summed E-state index contributed by atoms with van der Waals surface area (Å²) in [6.45, 7) is 10.5. The van der Waals surface area contributed by atoms with Crippen LogP contribution in [0.1, 0.15) is 18.9 Å². The summed E-state index contributed by atoms with van der Waals surface area (Å²) < 4.78 is 5.13. The highest BCUT2D eigenvalue weighted by Gasteiger charge is 2.20. The Morgan fingerprint density at radius 2 is 1.89 bits per heavy atom. The Morgan fingerprint density at radius 1 is 1.26 bits per heavy atom. The van der Waals surface area contributed by atoms with Gasteiger partial charge >= 0.3 is 5.97 Å². The predicted molar refractivity (Wildman–Crippen MR) is 82.8 cm³/mol. The van der Waals surface area contributed by atoms with E-state index in [1.54, 1.807) is 6.92 Å². The molecule has 0 atom stereocenters. The molecule has 0 N–H and O–H groups in total. The van der Waals surface area contributed by atoms with Crippen LogP contribution in [0.4, 0.5) is 0 Å². The first kappa shape index (κ1) is 15.7. The molecule has 0 saturated carbocycles. The first-order valence-electron chi connectivity index (χ1n) is 6.77. The third kappa shape index (κ3) is 6.39. The highest BCUT2D eigenvalue weighted by molar-refractivity contribution is 6.76. The van der Waals surface area contributed by atoms with Crippen molar-refractivity contribution in [1.82, 2.24) is 0 Å². The van der Waals surface area contributed by atoms with Gasteiger partial charge in [-0.1, -0.05) is 61.6 Å². The predicted octanol–water partition coefficient (Wildman–Crippen LogP) is 3.99. The molecule has 1 aromatic carbocycles. The molecule has 0 bridgehead atoms. The van der Waals surface area contributed by atoms with Crippen LogP contribution in [0.15, 0.2) is 42.5 Å². The number of esters is 1. The fourth-order valence-corrected chi connectivity index (χ4v) is 4.69. The van der Waals surface area contributed by atoms with Gasteiger partial charge in [0.1, 0.15) is 0 Å². The molecule has 0 fully saturated rings. The molecule has 0 unspecified atom stereocenters. The van der Waals surface area contributed by atoms with Crippen molar-refractivity contribution in [2.24, 2.45) is 0 Å². The topological polar surface area (TPSA) is 26.3 Å². The molecule has 1 aromatic rings. The monoisotopic (exact) mass is 276 g/mol. The standard InChI is InChI=1S/C16H24O2Si/c1-14(2)16(17)18-11-8-12-19(3,4)13-15-9-6-5-7-10-15/h5-7,9-10H,1,8,11-13H2,2-4H3. The molecule has 2 nitrogen and oxygen atoms in total. The van der Waals surface area contributed by atoms with Crippen molar-refractivity contribution < 1.29 is 9.53 Å². The van der Waals surface area contributed by atoms with E-state index in [1.165, 1.54) is 17.7 Å². The lowest BCUT2D eigenvalue weighted by molar-refractivity contribution is -0.138. The van der Waals surface area contributed by atoms with Gasteiger partial charge in [-0.05, 0) is 19.4 Å². The molecule has 104 valence electrons. The van der Waals surface area contributed by atoms with Crippen LogP contribution < -0.4 is 0 Å². The van der Waals surface area contributed by atoms with E-state index in [0.717, 1.165) is 6.42 Å². The van der Waals surface area contributed by atoms with Crippen LogP contribution in [0, 0.1) is 0 Å². The quantitative estimate of drug-likeness (QED) is 0.326. The summed E-state index contributed by atoms with van der Waals surface area (Å²) in [5.74, 6) is -0.275. The second-order valence-electron chi connectivity index (χ2n) is 5.85. The molecule has 0 spiro atoms. The van der Waals surface area contributed by atoms with E-state index in [0.29, 0.717) is 12.2 Å². The van der Waals surface area contributed by atoms with E-state index in [1.807, 2.05) is 0 Å². The van der Waals surface area contributed by atoms with Crippen LogP contribution in [-0.2, 0) is 15.6 Å². The van der Waals surface area contributed by atoms with Gasteiger partial charge in [0.05, 0.1) is 14.7 Å². The van der Waals surface area contributed by atoms with Gasteiger partial charge in [0.2, 0.25) is 0 Å². The van der Waals surface area contributed by atoms with Crippen LogP contribution in [0.25, 0.3) is 0 Å². The summed E-state index contributed by atoms with van der Waals surface area (Å²) in [5.41, 5.74) is 1.89. The Kier molecular flexibility index (Phi) is 6.02. The number of ether oxygens (including phenoxy) is 1. The highest BCUT2D eigenvalue weighted by atomic mass is 28.3. The fourth-order valence-electron chi connectivity index (χ4n) is 2.08. The van der Waals surface area contributed by atoms with E-state index in [2.05, 4.69) is 50.0 Å².